The highest BCUT2D eigenvalue weighted by Gasteiger charge is 2.26. The van der Waals surface area contributed by atoms with Crippen LogP contribution in [0.1, 0.15) is 53.2 Å². The lowest BCUT2D eigenvalue weighted by Gasteiger charge is -2.31. The maximum absolute atomic E-state index is 13.0. The minimum atomic E-state index is -0.201. The van der Waals surface area contributed by atoms with Gasteiger partial charge in [-0.05, 0) is 37.8 Å². The molecule has 1 aliphatic rings. The van der Waals surface area contributed by atoms with E-state index < -0.39 is 0 Å². The van der Waals surface area contributed by atoms with Crippen LogP contribution >= 0.6 is 11.3 Å². The second-order valence-corrected chi connectivity index (χ2v) is 9.32. The molecule has 33 heavy (non-hydrogen) atoms. The molecule has 0 atom stereocenters. The maximum Gasteiger partial charge on any atom is 0.317 e. The minimum absolute atomic E-state index is 0.0155. The Bertz CT molecular complexity index is 1100. The molecule has 0 aliphatic carbocycles. The molecular weight excluding hydrogens is 432 g/mol. The van der Waals surface area contributed by atoms with Crippen molar-refractivity contribution in [3.05, 3.63) is 70.2 Å². The van der Waals surface area contributed by atoms with Gasteiger partial charge in [-0.2, -0.15) is 0 Å². The van der Waals surface area contributed by atoms with Gasteiger partial charge in [-0.1, -0.05) is 55.0 Å². The van der Waals surface area contributed by atoms with Crippen molar-refractivity contribution >= 4 is 29.0 Å². The van der Waals surface area contributed by atoms with Gasteiger partial charge in [0, 0.05) is 42.2 Å². The number of anilines is 1. The number of amides is 3. The van der Waals surface area contributed by atoms with E-state index in [0.717, 1.165) is 41.1 Å². The van der Waals surface area contributed by atoms with Crippen LogP contribution in [-0.2, 0) is 0 Å². The van der Waals surface area contributed by atoms with Crippen LogP contribution in [0.25, 0.3) is 11.1 Å². The number of piperidine rings is 1. The van der Waals surface area contributed by atoms with E-state index >= 15 is 0 Å². The zero-order chi connectivity index (χ0) is 23.2. The molecule has 2 aromatic carbocycles. The molecule has 172 valence electrons. The Labute approximate surface area is 199 Å². The van der Waals surface area contributed by atoms with Gasteiger partial charge in [0.1, 0.15) is 5.69 Å². The van der Waals surface area contributed by atoms with E-state index in [-0.39, 0.29) is 17.9 Å². The first-order valence-corrected chi connectivity index (χ1v) is 12.4. The lowest BCUT2D eigenvalue weighted by molar-refractivity contribution is 0.102. The monoisotopic (exact) mass is 462 g/mol. The number of benzene rings is 2. The van der Waals surface area contributed by atoms with Gasteiger partial charge in [-0.15, -0.1) is 11.3 Å². The molecule has 0 bridgehead atoms. The maximum atomic E-state index is 13.0. The number of rotatable bonds is 6. The summed E-state index contributed by atoms with van der Waals surface area (Å²) in [5.41, 5.74) is 4.45. The summed E-state index contributed by atoms with van der Waals surface area (Å²) in [6.45, 7) is 6.24. The normalized spacial score (nSPS) is 14.2. The Morgan fingerprint density at radius 3 is 2.55 bits per heavy atom. The highest BCUT2D eigenvalue weighted by atomic mass is 32.1. The van der Waals surface area contributed by atoms with Gasteiger partial charge in [-0.25, -0.2) is 9.78 Å². The summed E-state index contributed by atoms with van der Waals surface area (Å²) in [4.78, 5) is 31.6. The third-order valence-corrected chi connectivity index (χ3v) is 6.96. The Kier molecular flexibility index (Phi) is 7.40. The second-order valence-electron chi connectivity index (χ2n) is 8.43. The highest BCUT2D eigenvalue weighted by molar-refractivity contribution is 7.10. The SMILES string of the molecule is CCCNC(=O)N1CCC(c2nc(C(=O)Nc3ccccc3-c3ccc(C)cc3)cs2)CC1. The van der Waals surface area contributed by atoms with Crippen LogP contribution in [0, 0.1) is 6.92 Å². The molecular formula is C26H30N4O2S. The molecule has 2 N–H and O–H groups in total. The van der Waals surface area contributed by atoms with Gasteiger partial charge in [0.15, 0.2) is 0 Å². The van der Waals surface area contributed by atoms with Gasteiger partial charge in [0.2, 0.25) is 0 Å². The van der Waals surface area contributed by atoms with Crippen LogP contribution in [0.15, 0.2) is 53.9 Å². The van der Waals surface area contributed by atoms with E-state index in [9.17, 15) is 9.59 Å². The first kappa shape index (κ1) is 23.0. The van der Waals surface area contributed by atoms with Gasteiger partial charge in [0.25, 0.3) is 5.91 Å². The average molecular weight is 463 g/mol. The predicted octanol–water partition coefficient (Wildman–Crippen LogP) is 5.67. The first-order valence-electron chi connectivity index (χ1n) is 11.5. The molecule has 0 unspecified atom stereocenters. The van der Waals surface area contributed by atoms with Crippen molar-refractivity contribution in [2.45, 2.75) is 39.0 Å². The topological polar surface area (TPSA) is 74.3 Å². The number of nitrogens with one attached hydrogen (secondary N) is 2. The Balaban J connectivity index is 1.40. The summed E-state index contributed by atoms with van der Waals surface area (Å²) in [7, 11) is 0. The standard InChI is InChI=1S/C26H30N4O2S/c1-3-14-27-26(32)30-15-12-20(13-16-30)25-29-23(17-33-25)24(31)28-22-7-5-4-6-21(22)19-10-8-18(2)9-11-19/h4-11,17,20H,3,12-16H2,1-2H3,(H,27,32)(H,28,31). The second kappa shape index (κ2) is 10.6. The quantitative estimate of drug-likeness (QED) is 0.496. The minimum Gasteiger partial charge on any atom is -0.338 e. The Morgan fingerprint density at radius 1 is 1.09 bits per heavy atom. The van der Waals surface area contributed by atoms with E-state index in [1.807, 2.05) is 41.5 Å². The number of aryl methyl sites for hydroxylation is 1. The number of thiazole rings is 1. The van der Waals surface area contributed by atoms with Crippen LogP contribution in [0.5, 0.6) is 0 Å². The molecule has 2 heterocycles. The van der Waals surface area contributed by atoms with E-state index in [4.69, 9.17) is 0 Å². The van der Waals surface area contributed by atoms with Crippen molar-refractivity contribution in [2.75, 3.05) is 25.0 Å². The average Bonchev–Trinajstić information content (AvgIpc) is 3.34. The predicted molar refractivity (Wildman–Crippen MR) is 134 cm³/mol. The summed E-state index contributed by atoms with van der Waals surface area (Å²) in [6.07, 6.45) is 2.66. The third kappa shape index (κ3) is 5.60. The summed E-state index contributed by atoms with van der Waals surface area (Å²) in [6, 6.07) is 16.1. The van der Waals surface area contributed by atoms with E-state index in [0.29, 0.717) is 25.3 Å². The number of hydrogen-bond acceptors (Lipinski definition) is 4. The van der Waals surface area contributed by atoms with E-state index in [1.165, 1.54) is 16.9 Å². The largest absolute Gasteiger partial charge is 0.338 e. The molecule has 1 saturated heterocycles. The summed E-state index contributed by atoms with van der Waals surface area (Å²) < 4.78 is 0. The van der Waals surface area contributed by atoms with Gasteiger partial charge in [0.05, 0.1) is 5.01 Å². The number of aromatic nitrogens is 1. The number of carbonyl (C=O) groups excluding carboxylic acids is 2. The molecule has 0 spiro atoms. The third-order valence-electron chi connectivity index (χ3n) is 5.95. The summed E-state index contributed by atoms with van der Waals surface area (Å²) in [5, 5.41) is 8.79. The van der Waals surface area contributed by atoms with Crippen molar-refractivity contribution < 1.29 is 9.59 Å². The fraction of sp³-hybridized carbons (Fsp3) is 0.346. The number of urea groups is 1. The molecule has 3 amide bonds. The molecule has 1 fully saturated rings. The number of para-hydroxylation sites is 1. The Hall–Kier alpha value is -3.19. The van der Waals surface area contributed by atoms with Crippen LogP contribution in [0.4, 0.5) is 10.5 Å². The van der Waals surface area contributed by atoms with E-state index in [1.54, 1.807) is 0 Å². The molecule has 7 heteroatoms. The van der Waals surface area contributed by atoms with Crippen LogP contribution < -0.4 is 10.6 Å². The fourth-order valence-electron chi connectivity index (χ4n) is 4.02. The zero-order valence-corrected chi connectivity index (χ0v) is 20.0. The lowest BCUT2D eigenvalue weighted by Crippen LogP contribution is -2.44. The Morgan fingerprint density at radius 2 is 1.82 bits per heavy atom. The number of nitrogens with zero attached hydrogens (tertiary/aromatic N) is 2. The van der Waals surface area contributed by atoms with Crippen LogP contribution in [0.3, 0.4) is 0 Å². The summed E-state index contributed by atoms with van der Waals surface area (Å²) in [5.74, 6) is 0.0834. The molecule has 0 saturated carbocycles. The number of likely N-dealkylation sites (tertiary alicyclic amines) is 1. The molecule has 6 nitrogen and oxygen atoms in total. The van der Waals surface area contributed by atoms with Crippen molar-refractivity contribution in [3.63, 3.8) is 0 Å². The molecule has 4 rings (SSSR count). The zero-order valence-electron chi connectivity index (χ0n) is 19.1. The molecule has 3 aromatic rings. The van der Waals surface area contributed by atoms with Crippen molar-refractivity contribution in [2.24, 2.45) is 0 Å². The highest BCUT2D eigenvalue weighted by Crippen LogP contribution is 2.32. The smallest absolute Gasteiger partial charge is 0.317 e. The van der Waals surface area contributed by atoms with Crippen molar-refractivity contribution in [1.82, 2.24) is 15.2 Å². The van der Waals surface area contributed by atoms with Crippen molar-refractivity contribution in [3.8, 4) is 11.1 Å². The first-order chi connectivity index (χ1) is 16.0. The van der Waals surface area contributed by atoms with Gasteiger partial charge in [-0.3, -0.25) is 4.79 Å². The summed E-state index contributed by atoms with van der Waals surface area (Å²) >= 11 is 1.53. The van der Waals surface area contributed by atoms with Gasteiger partial charge >= 0.3 is 6.03 Å². The fourth-order valence-corrected chi connectivity index (χ4v) is 4.99. The lowest BCUT2D eigenvalue weighted by atomic mass is 9.98. The van der Waals surface area contributed by atoms with E-state index in [2.05, 4.69) is 46.8 Å². The van der Waals surface area contributed by atoms with Crippen LogP contribution in [0.2, 0.25) is 0 Å². The van der Waals surface area contributed by atoms with Crippen molar-refractivity contribution in [1.29, 1.82) is 0 Å². The van der Waals surface area contributed by atoms with Gasteiger partial charge < -0.3 is 15.5 Å². The van der Waals surface area contributed by atoms with Crippen LogP contribution in [-0.4, -0.2) is 41.5 Å². The molecule has 0 radical (unpaired) electrons. The number of hydrogen-bond donors (Lipinski definition) is 2. The molecule has 1 aromatic heterocycles. The molecule has 1 aliphatic heterocycles. The number of carbonyl (C=O) groups is 2.